The molecule has 1 saturated heterocycles. The van der Waals surface area contributed by atoms with E-state index in [1.807, 2.05) is 74.5 Å². The monoisotopic (exact) mass is 486 g/mol. The number of ether oxygens (including phenoxy) is 1. The van der Waals surface area contributed by atoms with E-state index in [1.165, 1.54) is 0 Å². The number of esters is 1. The van der Waals surface area contributed by atoms with E-state index < -0.39 is 5.97 Å². The predicted molar refractivity (Wildman–Crippen MR) is 138 cm³/mol. The maximum absolute atomic E-state index is 13.4. The molecular formula is C26H26N6O2S. The van der Waals surface area contributed by atoms with Gasteiger partial charge in [0.25, 0.3) is 0 Å². The van der Waals surface area contributed by atoms with Crippen molar-refractivity contribution in [2.45, 2.75) is 13.8 Å². The van der Waals surface area contributed by atoms with Crippen LogP contribution in [0.1, 0.15) is 22.3 Å². The van der Waals surface area contributed by atoms with Gasteiger partial charge in [-0.25, -0.2) is 4.79 Å². The third-order valence-electron chi connectivity index (χ3n) is 5.91. The molecular weight excluding hydrogens is 460 g/mol. The Morgan fingerprint density at radius 3 is 2.09 bits per heavy atom. The second-order valence-corrected chi connectivity index (χ2v) is 9.31. The molecule has 0 spiro atoms. The molecule has 0 radical (unpaired) electrons. The first-order chi connectivity index (χ1) is 17.2. The summed E-state index contributed by atoms with van der Waals surface area (Å²) in [5.74, 6) is 0.158. The zero-order valence-electron chi connectivity index (χ0n) is 19.7. The number of aromatic nitrogens is 4. The molecule has 0 saturated carbocycles. The second-order valence-electron chi connectivity index (χ2n) is 8.15. The number of aryl methyl sites for hydroxylation is 1. The Morgan fingerprint density at radius 2 is 1.49 bits per heavy atom. The van der Waals surface area contributed by atoms with Gasteiger partial charge in [0.15, 0.2) is 5.82 Å². The lowest BCUT2D eigenvalue weighted by atomic mass is 9.94. The Kier molecular flexibility index (Phi) is 6.67. The molecule has 1 aliphatic rings. The number of rotatable bonds is 6. The van der Waals surface area contributed by atoms with Gasteiger partial charge in [0, 0.05) is 37.3 Å². The molecule has 2 aromatic heterocycles. The zero-order valence-corrected chi connectivity index (χ0v) is 20.5. The quantitative estimate of drug-likeness (QED) is 0.369. The number of carbonyl (C=O) groups excluding carboxylic acids is 1. The molecule has 9 heteroatoms. The van der Waals surface area contributed by atoms with Crippen molar-refractivity contribution in [3.8, 4) is 22.4 Å². The Morgan fingerprint density at radius 1 is 0.857 bits per heavy atom. The normalized spacial score (nSPS) is 13.7. The first-order valence-corrected chi connectivity index (χ1v) is 12.5. The third kappa shape index (κ3) is 4.72. The lowest BCUT2D eigenvalue weighted by Gasteiger charge is -2.35. The van der Waals surface area contributed by atoms with Crippen LogP contribution in [0.15, 0.2) is 60.7 Å². The van der Waals surface area contributed by atoms with E-state index in [4.69, 9.17) is 4.74 Å². The number of nitrogens with zero attached hydrogens (tertiary/aromatic N) is 6. The highest BCUT2D eigenvalue weighted by Gasteiger charge is 2.30. The van der Waals surface area contributed by atoms with Gasteiger partial charge in [0.1, 0.15) is 16.3 Å². The Labute approximate surface area is 208 Å². The van der Waals surface area contributed by atoms with Crippen LogP contribution in [0.25, 0.3) is 22.4 Å². The Balaban J connectivity index is 1.60. The molecule has 0 N–H and O–H groups in total. The Bertz CT molecular complexity index is 1300. The van der Waals surface area contributed by atoms with Crippen LogP contribution in [0.5, 0.6) is 0 Å². The molecule has 35 heavy (non-hydrogen) atoms. The Hall–Kier alpha value is -3.85. The molecule has 5 rings (SSSR count). The maximum atomic E-state index is 13.4. The summed E-state index contributed by atoms with van der Waals surface area (Å²) in [5.41, 5.74) is 3.64. The van der Waals surface area contributed by atoms with E-state index in [9.17, 15) is 4.79 Å². The van der Waals surface area contributed by atoms with Gasteiger partial charge in [0.2, 0.25) is 5.13 Å². The summed E-state index contributed by atoms with van der Waals surface area (Å²) in [4.78, 5) is 17.8. The zero-order chi connectivity index (χ0) is 24.2. The highest BCUT2D eigenvalue weighted by atomic mass is 32.1. The minimum absolute atomic E-state index is 0.277. The molecule has 0 aliphatic carbocycles. The number of piperazine rings is 1. The van der Waals surface area contributed by atoms with Gasteiger partial charge >= 0.3 is 5.97 Å². The summed E-state index contributed by atoms with van der Waals surface area (Å²) >= 11 is 1.59. The lowest BCUT2D eigenvalue weighted by Crippen LogP contribution is -2.47. The van der Waals surface area contributed by atoms with Crippen molar-refractivity contribution in [3.05, 3.63) is 71.2 Å². The smallest absolute Gasteiger partial charge is 0.342 e. The fourth-order valence-electron chi connectivity index (χ4n) is 4.25. The topological polar surface area (TPSA) is 84.3 Å². The van der Waals surface area contributed by atoms with Crippen LogP contribution < -0.4 is 9.80 Å². The first kappa shape index (κ1) is 22.9. The molecule has 178 valence electrons. The molecule has 4 aromatic rings. The number of carbonyl (C=O) groups is 1. The van der Waals surface area contributed by atoms with Crippen molar-refractivity contribution < 1.29 is 9.53 Å². The number of anilines is 2. The fourth-order valence-corrected chi connectivity index (χ4v) is 4.99. The first-order valence-electron chi connectivity index (χ1n) is 11.6. The van der Waals surface area contributed by atoms with Crippen LogP contribution in [0.3, 0.4) is 0 Å². The van der Waals surface area contributed by atoms with E-state index in [0.29, 0.717) is 30.2 Å². The lowest BCUT2D eigenvalue weighted by molar-refractivity contribution is 0.0527. The molecule has 0 atom stereocenters. The summed E-state index contributed by atoms with van der Waals surface area (Å²) in [5, 5.41) is 19.5. The average Bonchev–Trinajstić information content (AvgIpc) is 3.35. The maximum Gasteiger partial charge on any atom is 0.342 e. The van der Waals surface area contributed by atoms with E-state index in [1.54, 1.807) is 11.3 Å². The van der Waals surface area contributed by atoms with E-state index >= 15 is 0 Å². The SMILES string of the molecule is CCOC(=O)c1c(N2CCN(c3nnc(C)s3)CC2)nnc(-c2ccccc2)c1-c1ccccc1. The van der Waals surface area contributed by atoms with E-state index in [-0.39, 0.29) is 6.61 Å². The third-order valence-corrected chi connectivity index (χ3v) is 6.81. The summed E-state index contributed by atoms with van der Waals surface area (Å²) < 4.78 is 5.55. The molecule has 0 unspecified atom stereocenters. The molecule has 0 bridgehead atoms. The van der Waals surface area contributed by atoms with Crippen molar-refractivity contribution in [2.75, 3.05) is 42.6 Å². The van der Waals surface area contributed by atoms with Crippen molar-refractivity contribution in [2.24, 2.45) is 0 Å². The second kappa shape index (κ2) is 10.2. The summed E-state index contributed by atoms with van der Waals surface area (Å²) in [6.45, 7) is 6.91. The highest BCUT2D eigenvalue weighted by Crippen LogP contribution is 2.38. The van der Waals surface area contributed by atoms with Gasteiger partial charge in [-0.1, -0.05) is 72.0 Å². The van der Waals surface area contributed by atoms with Crippen LogP contribution in [0, 0.1) is 6.92 Å². The minimum Gasteiger partial charge on any atom is -0.462 e. The fraction of sp³-hybridized carbons (Fsp3) is 0.269. The average molecular weight is 487 g/mol. The van der Waals surface area contributed by atoms with Crippen molar-refractivity contribution >= 4 is 28.3 Å². The van der Waals surface area contributed by atoms with Crippen molar-refractivity contribution in [3.63, 3.8) is 0 Å². The number of hydrogen-bond donors (Lipinski definition) is 0. The van der Waals surface area contributed by atoms with Crippen LogP contribution in [-0.2, 0) is 4.74 Å². The summed E-state index contributed by atoms with van der Waals surface area (Å²) in [6.07, 6.45) is 0. The van der Waals surface area contributed by atoms with Crippen LogP contribution >= 0.6 is 11.3 Å². The largest absolute Gasteiger partial charge is 0.462 e. The minimum atomic E-state index is -0.393. The molecule has 1 fully saturated rings. The molecule has 0 amide bonds. The van der Waals surface area contributed by atoms with Crippen LogP contribution in [0.2, 0.25) is 0 Å². The van der Waals surface area contributed by atoms with Crippen LogP contribution in [0.4, 0.5) is 10.9 Å². The van der Waals surface area contributed by atoms with E-state index in [0.717, 1.165) is 39.9 Å². The van der Waals surface area contributed by atoms with Gasteiger partial charge < -0.3 is 14.5 Å². The summed E-state index contributed by atoms with van der Waals surface area (Å²) in [7, 11) is 0. The molecule has 2 aromatic carbocycles. The van der Waals surface area contributed by atoms with Gasteiger partial charge in [-0.15, -0.1) is 20.4 Å². The number of hydrogen-bond acceptors (Lipinski definition) is 9. The summed E-state index contributed by atoms with van der Waals surface area (Å²) in [6, 6.07) is 19.7. The van der Waals surface area contributed by atoms with Crippen molar-refractivity contribution in [1.82, 2.24) is 20.4 Å². The standard InChI is InChI=1S/C26H26N6O2S/c1-3-34-25(33)22-21(19-10-6-4-7-11-19)23(20-12-8-5-9-13-20)28-29-24(22)31-14-16-32(17-15-31)26-30-27-18(2)35-26/h4-13H,3,14-17H2,1-2H3. The van der Waals surface area contributed by atoms with Gasteiger partial charge in [-0.05, 0) is 19.4 Å². The molecule has 3 heterocycles. The predicted octanol–water partition coefficient (Wildman–Crippen LogP) is 4.47. The molecule has 1 aliphatic heterocycles. The number of benzene rings is 2. The van der Waals surface area contributed by atoms with Gasteiger partial charge in [-0.2, -0.15) is 0 Å². The van der Waals surface area contributed by atoms with E-state index in [2.05, 4.69) is 30.2 Å². The molecule has 8 nitrogen and oxygen atoms in total. The van der Waals surface area contributed by atoms with Crippen molar-refractivity contribution in [1.29, 1.82) is 0 Å². The van der Waals surface area contributed by atoms with Gasteiger partial charge in [-0.3, -0.25) is 0 Å². The van der Waals surface area contributed by atoms with Gasteiger partial charge in [0.05, 0.1) is 6.61 Å². The highest BCUT2D eigenvalue weighted by molar-refractivity contribution is 7.15. The van der Waals surface area contributed by atoms with Crippen LogP contribution in [-0.4, -0.2) is 59.1 Å².